The van der Waals surface area contributed by atoms with E-state index >= 15 is 0 Å². The third-order valence-electron chi connectivity index (χ3n) is 6.99. The van der Waals surface area contributed by atoms with Crippen molar-refractivity contribution in [2.24, 2.45) is 0 Å². The quantitative estimate of drug-likeness (QED) is 0.135. The van der Waals surface area contributed by atoms with Gasteiger partial charge in [0.15, 0.2) is 0 Å². The Morgan fingerprint density at radius 1 is 0.585 bits per heavy atom. The molecule has 4 nitrogen and oxygen atoms in total. The molecule has 0 saturated heterocycles. The first-order valence-corrected chi connectivity index (χ1v) is 14.0. The Labute approximate surface area is 242 Å². The summed E-state index contributed by atoms with van der Waals surface area (Å²) in [6, 6.07) is 44.9. The predicted molar refractivity (Wildman–Crippen MR) is 164 cm³/mol. The van der Waals surface area contributed by atoms with Crippen molar-refractivity contribution >= 4 is 6.29 Å². The van der Waals surface area contributed by atoms with Crippen LogP contribution < -0.4 is 9.47 Å². The summed E-state index contributed by atoms with van der Waals surface area (Å²) in [5.74, 6) is 1.54. The van der Waals surface area contributed by atoms with E-state index in [-0.39, 0.29) is 0 Å². The number of carbonyl (C=O) groups excluding carboxylic acids is 1. The lowest BCUT2D eigenvalue weighted by atomic mass is 9.99. The first kappa shape index (κ1) is 27.9. The second-order valence-corrected chi connectivity index (χ2v) is 10.1. The summed E-state index contributed by atoms with van der Waals surface area (Å²) in [5.41, 5.74) is 6.24. The Morgan fingerprint density at radius 2 is 1.17 bits per heavy atom. The summed E-state index contributed by atoms with van der Waals surface area (Å²) in [6.45, 7) is 3.42. The van der Waals surface area contributed by atoms with Crippen molar-refractivity contribution in [3.05, 3.63) is 167 Å². The van der Waals surface area contributed by atoms with E-state index in [1.807, 2.05) is 66.7 Å². The van der Waals surface area contributed by atoms with Crippen LogP contribution in [-0.2, 0) is 26.1 Å². The molecule has 4 heteroatoms. The normalized spacial score (nSPS) is 10.9. The van der Waals surface area contributed by atoms with Gasteiger partial charge in [-0.2, -0.15) is 0 Å². The molecular formula is C37H35NO3. The number of nitrogens with zero attached hydrogens (tertiary/aromatic N) is 1. The van der Waals surface area contributed by atoms with E-state index in [1.54, 1.807) is 0 Å². The van der Waals surface area contributed by atoms with Gasteiger partial charge < -0.3 is 9.47 Å². The van der Waals surface area contributed by atoms with E-state index in [4.69, 9.17) is 9.47 Å². The molecule has 0 heterocycles. The smallest absolute Gasteiger partial charge is 0.150 e. The second-order valence-electron chi connectivity index (χ2n) is 10.1. The van der Waals surface area contributed by atoms with Crippen LogP contribution in [0.3, 0.4) is 0 Å². The molecule has 41 heavy (non-hydrogen) atoms. The third-order valence-corrected chi connectivity index (χ3v) is 6.99. The molecule has 0 amide bonds. The molecule has 206 valence electrons. The number of ether oxygens (including phenoxy) is 2. The van der Waals surface area contributed by atoms with Crippen LogP contribution in [0.1, 0.15) is 38.2 Å². The molecule has 0 bridgehead atoms. The van der Waals surface area contributed by atoms with Gasteiger partial charge in [0.1, 0.15) is 31.0 Å². The molecule has 0 aliphatic heterocycles. The van der Waals surface area contributed by atoms with Crippen molar-refractivity contribution in [2.75, 3.05) is 13.2 Å². The molecule has 5 aromatic carbocycles. The number of aldehydes is 1. The van der Waals surface area contributed by atoms with Gasteiger partial charge in [-0.1, -0.05) is 115 Å². The summed E-state index contributed by atoms with van der Waals surface area (Å²) >= 11 is 0. The molecule has 5 rings (SSSR count). The lowest BCUT2D eigenvalue weighted by molar-refractivity contribution is 0.112. The number of carbonyl (C=O) groups is 1. The molecule has 0 unspecified atom stereocenters. The van der Waals surface area contributed by atoms with Crippen molar-refractivity contribution in [1.29, 1.82) is 0 Å². The first-order chi connectivity index (χ1) is 20.3. The zero-order chi connectivity index (χ0) is 28.1. The van der Waals surface area contributed by atoms with E-state index in [9.17, 15) is 4.79 Å². The first-order valence-electron chi connectivity index (χ1n) is 14.0. The Bertz CT molecular complexity index is 1460. The lowest BCUT2D eigenvalue weighted by Crippen LogP contribution is -2.28. The average Bonchev–Trinajstić information content (AvgIpc) is 3.02. The fraction of sp³-hybridized carbons (Fsp3) is 0.162. The maximum atomic E-state index is 12.0. The van der Waals surface area contributed by atoms with Gasteiger partial charge in [0, 0.05) is 37.2 Å². The highest BCUT2D eigenvalue weighted by molar-refractivity contribution is 5.79. The topological polar surface area (TPSA) is 38.8 Å². The average molecular weight is 542 g/mol. The van der Waals surface area contributed by atoms with Crippen LogP contribution >= 0.6 is 0 Å². The molecule has 0 aliphatic carbocycles. The monoisotopic (exact) mass is 541 g/mol. The van der Waals surface area contributed by atoms with Gasteiger partial charge in [-0.3, -0.25) is 9.69 Å². The van der Waals surface area contributed by atoms with Crippen molar-refractivity contribution in [2.45, 2.75) is 26.1 Å². The third kappa shape index (κ3) is 8.41. The molecule has 0 spiro atoms. The maximum Gasteiger partial charge on any atom is 0.150 e. The predicted octanol–water partition coefficient (Wildman–Crippen LogP) is 7.75. The van der Waals surface area contributed by atoms with Crippen molar-refractivity contribution < 1.29 is 14.3 Å². The summed E-state index contributed by atoms with van der Waals surface area (Å²) in [7, 11) is 0. The van der Waals surface area contributed by atoms with E-state index < -0.39 is 0 Å². The molecular weight excluding hydrogens is 506 g/mol. The lowest BCUT2D eigenvalue weighted by Gasteiger charge is -2.23. The minimum atomic E-state index is 0.506. The molecule has 0 N–H and O–H groups in total. The van der Waals surface area contributed by atoms with Crippen LogP contribution in [0.2, 0.25) is 0 Å². The van der Waals surface area contributed by atoms with Crippen LogP contribution in [-0.4, -0.2) is 24.3 Å². The largest absolute Gasteiger partial charge is 0.492 e. The zero-order valence-corrected chi connectivity index (χ0v) is 23.2. The number of hydrogen-bond acceptors (Lipinski definition) is 4. The highest BCUT2D eigenvalue weighted by Gasteiger charge is 2.13. The standard InChI is InChI=1S/C37H35NO3/c39-28-34-19-11-21-37(36(34)25-33-18-10-20-35(24-33)41-29-32-16-8-3-9-17-32)40-23-22-38(26-30-12-4-1-5-13-30)27-31-14-6-2-7-15-31/h1-21,24,28H,22-23,25-27,29H2. The summed E-state index contributed by atoms with van der Waals surface area (Å²) in [5, 5.41) is 0. The Morgan fingerprint density at radius 3 is 1.80 bits per heavy atom. The van der Waals surface area contributed by atoms with Gasteiger partial charge in [0.2, 0.25) is 0 Å². The zero-order valence-electron chi connectivity index (χ0n) is 23.2. The fourth-order valence-corrected chi connectivity index (χ4v) is 4.89. The van der Waals surface area contributed by atoms with Crippen LogP contribution in [0.25, 0.3) is 0 Å². The van der Waals surface area contributed by atoms with Gasteiger partial charge in [0.25, 0.3) is 0 Å². The van der Waals surface area contributed by atoms with Gasteiger partial charge in [-0.15, -0.1) is 0 Å². The van der Waals surface area contributed by atoms with Gasteiger partial charge >= 0.3 is 0 Å². The minimum absolute atomic E-state index is 0.506. The molecule has 0 fully saturated rings. The maximum absolute atomic E-state index is 12.0. The summed E-state index contributed by atoms with van der Waals surface area (Å²) in [6.07, 6.45) is 1.49. The molecule has 0 saturated carbocycles. The van der Waals surface area contributed by atoms with Crippen LogP contribution in [0.15, 0.2) is 133 Å². The minimum Gasteiger partial charge on any atom is -0.492 e. The van der Waals surface area contributed by atoms with Crippen molar-refractivity contribution in [3.63, 3.8) is 0 Å². The summed E-state index contributed by atoms with van der Waals surface area (Å²) < 4.78 is 12.4. The van der Waals surface area contributed by atoms with E-state index in [1.165, 1.54) is 11.1 Å². The van der Waals surface area contributed by atoms with E-state index in [0.29, 0.717) is 25.2 Å². The van der Waals surface area contributed by atoms with Gasteiger partial charge in [0.05, 0.1) is 0 Å². The highest BCUT2D eigenvalue weighted by Crippen LogP contribution is 2.27. The Kier molecular flexibility index (Phi) is 9.96. The Balaban J connectivity index is 1.26. The fourth-order valence-electron chi connectivity index (χ4n) is 4.89. The molecule has 0 radical (unpaired) electrons. The summed E-state index contributed by atoms with van der Waals surface area (Å²) in [4.78, 5) is 14.4. The van der Waals surface area contributed by atoms with Crippen LogP contribution in [0.5, 0.6) is 11.5 Å². The van der Waals surface area contributed by atoms with Crippen molar-refractivity contribution in [1.82, 2.24) is 4.90 Å². The number of hydrogen-bond donors (Lipinski definition) is 0. The van der Waals surface area contributed by atoms with Crippen molar-refractivity contribution in [3.8, 4) is 11.5 Å². The second kappa shape index (κ2) is 14.6. The number of rotatable bonds is 14. The van der Waals surface area contributed by atoms with E-state index in [0.717, 1.165) is 54.1 Å². The molecule has 5 aromatic rings. The Hall–Kier alpha value is -4.67. The van der Waals surface area contributed by atoms with Crippen LogP contribution in [0.4, 0.5) is 0 Å². The molecule has 0 atom stereocenters. The highest BCUT2D eigenvalue weighted by atomic mass is 16.5. The molecule has 0 aliphatic rings. The molecule has 0 aromatic heterocycles. The SMILES string of the molecule is O=Cc1cccc(OCCN(Cc2ccccc2)Cc2ccccc2)c1Cc1cccc(OCc2ccccc2)c1. The van der Waals surface area contributed by atoms with Crippen LogP contribution in [0, 0.1) is 0 Å². The number of benzene rings is 5. The van der Waals surface area contributed by atoms with E-state index in [2.05, 4.69) is 71.6 Å². The van der Waals surface area contributed by atoms with Gasteiger partial charge in [-0.05, 0) is 40.5 Å². The van der Waals surface area contributed by atoms with Gasteiger partial charge in [-0.25, -0.2) is 0 Å².